The van der Waals surface area contributed by atoms with Crippen LogP contribution in [0.2, 0.25) is 0 Å². The predicted molar refractivity (Wildman–Crippen MR) is 82.6 cm³/mol. The number of aromatic nitrogens is 4. The van der Waals surface area contributed by atoms with Gasteiger partial charge in [0.05, 0.1) is 5.69 Å². The number of rotatable bonds is 2. The molecule has 6 nitrogen and oxygen atoms in total. The number of anilines is 3. The Hall–Kier alpha value is -2.63. The average Bonchev–Trinajstić information content (AvgIpc) is 3.08. The number of H-pyrrole nitrogens is 1. The normalized spacial score (nSPS) is 13.6. The molecule has 4 N–H and O–H groups in total. The fourth-order valence-corrected chi connectivity index (χ4v) is 2.92. The highest BCUT2D eigenvalue weighted by atomic mass is 15.2. The maximum atomic E-state index is 5.78. The SMILES string of the molecule is Cc1nc2c(N)[nH]nc2nc1Nc1cccc2c1CCC2. The van der Waals surface area contributed by atoms with Crippen molar-refractivity contribution < 1.29 is 0 Å². The van der Waals surface area contributed by atoms with Crippen LogP contribution >= 0.6 is 0 Å². The van der Waals surface area contributed by atoms with Gasteiger partial charge in [-0.25, -0.2) is 9.97 Å². The second kappa shape index (κ2) is 4.44. The van der Waals surface area contributed by atoms with E-state index in [2.05, 4.69) is 43.7 Å². The lowest BCUT2D eigenvalue weighted by molar-refractivity contribution is 0.912. The standard InChI is InChI=1S/C15H16N6/c1-8-14(19-15-12(17-8)13(16)20-21-15)18-11-7-3-5-9-4-2-6-10(9)11/h3,5,7H,2,4,6H2,1H3,(H4,16,18,19,20,21). The van der Waals surface area contributed by atoms with Gasteiger partial charge in [0.1, 0.15) is 5.82 Å². The zero-order valence-corrected chi connectivity index (χ0v) is 11.8. The predicted octanol–water partition coefficient (Wildman–Crippen LogP) is 2.48. The van der Waals surface area contributed by atoms with Crippen molar-refractivity contribution in [3.05, 3.63) is 35.0 Å². The Morgan fingerprint density at radius 1 is 1.24 bits per heavy atom. The number of benzene rings is 1. The van der Waals surface area contributed by atoms with Crippen LogP contribution < -0.4 is 11.1 Å². The molecule has 1 aliphatic carbocycles. The zero-order valence-electron chi connectivity index (χ0n) is 11.8. The van der Waals surface area contributed by atoms with Crippen molar-refractivity contribution in [2.24, 2.45) is 0 Å². The fourth-order valence-electron chi connectivity index (χ4n) is 2.92. The molecule has 21 heavy (non-hydrogen) atoms. The molecule has 0 unspecified atom stereocenters. The van der Waals surface area contributed by atoms with Crippen molar-refractivity contribution in [3.63, 3.8) is 0 Å². The van der Waals surface area contributed by atoms with E-state index in [1.54, 1.807) is 0 Å². The molecular formula is C15H16N6. The molecule has 0 saturated heterocycles. The summed E-state index contributed by atoms with van der Waals surface area (Å²) in [6, 6.07) is 6.37. The lowest BCUT2D eigenvalue weighted by Crippen LogP contribution is -2.02. The lowest BCUT2D eigenvalue weighted by Gasteiger charge is -2.12. The van der Waals surface area contributed by atoms with Crippen LogP contribution in [0.3, 0.4) is 0 Å². The van der Waals surface area contributed by atoms with Gasteiger partial charge in [0.25, 0.3) is 0 Å². The molecular weight excluding hydrogens is 264 g/mol. The molecule has 2 heterocycles. The van der Waals surface area contributed by atoms with E-state index in [1.807, 2.05) is 6.92 Å². The minimum Gasteiger partial charge on any atom is -0.382 e. The second-order valence-electron chi connectivity index (χ2n) is 5.39. The van der Waals surface area contributed by atoms with Crippen LogP contribution in [-0.4, -0.2) is 20.2 Å². The highest BCUT2D eigenvalue weighted by Crippen LogP contribution is 2.31. The van der Waals surface area contributed by atoms with Gasteiger partial charge in [-0.1, -0.05) is 12.1 Å². The molecule has 0 bridgehead atoms. The maximum absolute atomic E-state index is 5.78. The zero-order chi connectivity index (χ0) is 14.4. The van der Waals surface area contributed by atoms with Crippen molar-refractivity contribution in [1.82, 2.24) is 20.2 Å². The Bertz CT molecular complexity index is 836. The van der Waals surface area contributed by atoms with Gasteiger partial charge in [0.15, 0.2) is 11.3 Å². The van der Waals surface area contributed by atoms with E-state index in [0.717, 1.165) is 30.0 Å². The first-order valence-electron chi connectivity index (χ1n) is 7.08. The molecule has 0 radical (unpaired) electrons. The van der Waals surface area contributed by atoms with Crippen LogP contribution in [0.25, 0.3) is 11.2 Å². The van der Waals surface area contributed by atoms with Gasteiger partial charge in [-0.05, 0) is 43.4 Å². The van der Waals surface area contributed by atoms with Crippen molar-refractivity contribution in [2.75, 3.05) is 11.1 Å². The summed E-state index contributed by atoms with van der Waals surface area (Å²) in [5.74, 6) is 1.18. The maximum Gasteiger partial charge on any atom is 0.203 e. The Balaban J connectivity index is 1.78. The third-order valence-corrected chi connectivity index (χ3v) is 3.99. The minimum atomic E-state index is 0.452. The monoisotopic (exact) mass is 280 g/mol. The largest absolute Gasteiger partial charge is 0.382 e. The molecule has 0 fully saturated rings. The minimum absolute atomic E-state index is 0.452. The van der Waals surface area contributed by atoms with Crippen LogP contribution in [-0.2, 0) is 12.8 Å². The highest BCUT2D eigenvalue weighted by molar-refractivity contribution is 5.83. The van der Waals surface area contributed by atoms with E-state index in [9.17, 15) is 0 Å². The molecule has 3 aromatic rings. The van der Waals surface area contributed by atoms with Gasteiger partial charge in [-0.15, -0.1) is 0 Å². The molecule has 0 atom stereocenters. The first-order valence-corrected chi connectivity index (χ1v) is 7.08. The second-order valence-corrected chi connectivity index (χ2v) is 5.39. The summed E-state index contributed by atoms with van der Waals surface area (Å²) >= 11 is 0. The van der Waals surface area contributed by atoms with Crippen molar-refractivity contribution in [3.8, 4) is 0 Å². The number of nitrogens with one attached hydrogen (secondary N) is 2. The highest BCUT2D eigenvalue weighted by Gasteiger charge is 2.16. The summed E-state index contributed by atoms with van der Waals surface area (Å²) in [7, 11) is 0. The summed E-state index contributed by atoms with van der Waals surface area (Å²) in [6.45, 7) is 1.92. The fraction of sp³-hybridized carbons (Fsp3) is 0.267. The number of nitrogens with zero attached hydrogens (tertiary/aromatic N) is 3. The van der Waals surface area contributed by atoms with Gasteiger partial charge in [-0.2, -0.15) is 5.10 Å². The van der Waals surface area contributed by atoms with E-state index >= 15 is 0 Å². The van der Waals surface area contributed by atoms with Crippen LogP contribution in [0.4, 0.5) is 17.3 Å². The molecule has 0 spiro atoms. The van der Waals surface area contributed by atoms with Crippen LogP contribution in [0.15, 0.2) is 18.2 Å². The van der Waals surface area contributed by atoms with Crippen LogP contribution in [0.5, 0.6) is 0 Å². The van der Waals surface area contributed by atoms with E-state index in [4.69, 9.17) is 5.73 Å². The Labute approximate surface area is 121 Å². The van der Waals surface area contributed by atoms with Crippen LogP contribution in [0, 0.1) is 6.92 Å². The number of fused-ring (bicyclic) bond motifs is 2. The van der Waals surface area contributed by atoms with Crippen molar-refractivity contribution in [1.29, 1.82) is 0 Å². The van der Waals surface area contributed by atoms with Gasteiger partial charge in [-0.3, -0.25) is 5.10 Å². The Kier molecular flexibility index (Phi) is 2.57. The summed E-state index contributed by atoms with van der Waals surface area (Å²) in [5.41, 5.74) is 11.7. The third kappa shape index (κ3) is 1.91. The molecule has 1 aromatic carbocycles. The number of nitrogen functional groups attached to an aromatic ring is 1. The third-order valence-electron chi connectivity index (χ3n) is 3.99. The molecule has 0 saturated carbocycles. The van der Waals surface area contributed by atoms with Crippen molar-refractivity contribution in [2.45, 2.75) is 26.2 Å². The lowest BCUT2D eigenvalue weighted by atomic mass is 10.1. The first kappa shape index (κ1) is 12.1. The molecule has 6 heteroatoms. The first-order chi connectivity index (χ1) is 10.2. The summed E-state index contributed by atoms with van der Waals surface area (Å²) in [5, 5.41) is 10.2. The van der Waals surface area contributed by atoms with E-state index in [0.29, 0.717) is 17.0 Å². The molecule has 1 aliphatic rings. The van der Waals surface area contributed by atoms with Gasteiger partial charge < -0.3 is 11.1 Å². The topological polar surface area (TPSA) is 92.5 Å². The van der Waals surface area contributed by atoms with E-state index < -0.39 is 0 Å². The number of aryl methyl sites for hydroxylation is 2. The number of hydrogen-bond acceptors (Lipinski definition) is 5. The summed E-state index contributed by atoms with van der Waals surface area (Å²) in [6.07, 6.45) is 3.49. The van der Waals surface area contributed by atoms with E-state index in [-0.39, 0.29) is 0 Å². The summed E-state index contributed by atoms with van der Waals surface area (Å²) in [4.78, 5) is 9.00. The molecule has 2 aromatic heterocycles. The van der Waals surface area contributed by atoms with E-state index in [1.165, 1.54) is 17.5 Å². The van der Waals surface area contributed by atoms with Gasteiger partial charge in [0.2, 0.25) is 5.65 Å². The van der Waals surface area contributed by atoms with Gasteiger partial charge >= 0.3 is 0 Å². The smallest absolute Gasteiger partial charge is 0.203 e. The quantitative estimate of drug-likeness (QED) is 0.670. The molecule has 4 rings (SSSR count). The van der Waals surface area contributed by atoms with Crippen LogP contribution in [0.1, 0.15) is 23.2 Å². The molecule has 106 valence electrons. The Morgan fingerprint density at radius 3 is 3.05 bits per heavy atom. The number of nitrogens with two attached hydrogens (primary N) is 1. The molecule has 0 aliphatic heterocycles. The number of hydrogen-bond donors (Lipinski definition) is 3. The molecule has 0 amide bonds. The Morgan fingerprint density at radius 2 is 2.14 bits per heavy atom. The van der Waals surface area contributed by atoms with Crippen molar-refractivity contribution >= 4 is 28.5 Å². The number of aromatic amines is 1. The summed E-state index contributed by atoms with van der Waals surface area (Å²) < 4.78 is 0. The average molecular weight is 280 g/mol. The van der Waals surface area contributed by atoms with Gasteiger partial charge in [0, 0.05) is 5.69 Å².